The summed E-state index contributed by atoms with van der Waals surface area (Å²) < 4.78 is 34.2. The molecule has 1 atom stereocenters. The molecule has 1 saturated carbocycles. The fourth-order valence-electron chi connectivity index (χ4n) is 3.70. The highest BCUT2D eigenvalue weighted by Gasteiger charge is 2.22. The maximum Gasteiger partial charge on any atom is 0.236 e. The van der Waals surface area contributed by atoms with Crippen molar-refractivity contribution in [1.29, 1.82) is 0 Å². The summed E-state index contributed by atoms with van der Waals surface area (Å²) in [5.41, 5.74) is 0. The number of benzene rings is 1. The van der Waals surface area contributed by atoms with E-state index in [1.807, 2.05) is 0 Å². The third-order valence-electron chi connectivity index (χ3n) is 5.40. The highest BCUT2D eigenvalue weighted by molar-refractivity contribution is 7.99. The summed E-state index contributed by atoms with van der Waals surface area (Å²) in [5, 5.41) is 21.3. The van der Waals surface area contributed by atoms with Crippen LogP contribution >= 0.6 is 23.1 Å². The minimum atomic E-state index is -0.793. The van der Waals surface area contributed by atoms with Crippen molar-refractivity contribution >= 4 is 34.1 Å². The van der Waals surface area contributed by atoms with Crippen LogP contribution in [-0.4, -0.2) is 36.6 Å². The quantitative estimate of drug-likeness (QED) is 0.447. The fraction of sp³-hybridized carbons (Fsp3) is 0.476. The highest BCUT2D eigenvalue weighted by atomic mass is 32.2. The van der Waals surface area contributed by atoms with Gasteiger partial charge in [0.1, 0.15) is 10.8 Å². The van der Waals surface area contributed by atoms with Gasteiger partial charge in [-0.2, -0.15) is 0 Å². The second-order valence-corrected chi connectivity index (χ2v) is 9.80. The molecule has 1 aliphatic carbocycles. The number of thioether (sulfide) groups is 1. The second-order valence-electron chi connectivity index (χ2n) is 7.85. The van der Waals surface area contributed by atoms with E-state index in [0.29, 0.717) is 22.0 Å². The van der Waals surface area contributed by atoms with E-state index in [1.165, 1.54) is 48.4 Å². The maximum absolute atomic E-state index is 13.9. The number of carbonyl (C=O) groups excluding carboxylic acids is 1. The molecule has 1 fully saturated rings. The molecular formula is C21H24F2N6O2S2. The zero-order valence-corrected chi connectivity index (χ0v) is 19.9. The van der Waals surface area contributed by atoms with Crippen LogP contribution in [0.1, 0.15) is 61.9 Å². The number of carbonyl (C=O) groups is 1. The molecule has 8 nitrogen and oxygen atoms in total. The Kier molecular flexibility index (Phi) is 7.53. The first kappa shape index (κ1) is 23.6. The van der Waals surface area contributed by atoms with E-state index in [0.717, 1.165) is 30.0 Å². The number of aromatic nitrogens is 5. The highest BCUT2D eigenvalue weighted by Crippen LogP contribution is 2.35. The molecule has 0 radical (unpaired) electrons. The van der Waals surface area contributed by atoms with E-state index in [9.17, 15) is 13.6 Å². The molecule has 1 aliphatic rings. The predicted molar refractivity (Wildman–Crippen MR) is 121 cm³/mol. The van der Waals surface area contributed by atoms with Crippen molar-refractivity contribution in [2.45, 2.75) is 56.2 Å². The van der Waals surface area contributed by atoms with Gasteiger partial charge in [-0.15, -0.1) is 20.4 Å². The molecule has 0 saturated heterocycles. The Morgan fingerprint density at radius 2 is 2.03 bits per heavy atom. The van der Waals surface area contributed by atoms with Gasteiger partial charge in [-0.25, -0.2) is 8.78 Å². The summed E-state index contributed by atoms with van der Waals surface area (Å²) in [6, 6.07) is 3.11. The van der Waals surface area contributed by atoms with Crippen molar-refractivity contribution in [2.75, 3.05) is 11.1 Å². The first-order chi connectivity index (χ1) is 15.9. The van der Waals surface area contributed by atoms with Crippen molar-refractivity contribution in [1.82, 2.24) is 25.0 Å². The summed E-state index contributed by atoms with van der Waals surface area (Å²) in [4.78, 5) is 12.4. The summed E-state index contributed by atoms with van der Waals surface area (Å²) >= 11 is 2.65. The Morgan fingerprint density at radius 1 is 1.24 bits per heavy atom. The summed E-state index contributed by atoms with van der Waals surface area (Å²) in [6.07, 6.45) is 5.32. The van der Waals surface area contributed by atoms with Crippen molar-refractivity contribution in [3.05, 3.63) is 40.7 Å². The topological polar surface area (TPSA) is 94.8 Å². The van der Waals surface area contributed by atoms with Gasteiger partial charge in [-0.3, -0.25) is 10.1 Å². The molecule has 176 valence electrons. The van der Waals surface area contributed by atoms with Crippen LogP contribution in [0.5, 0.6) is 5.75 Å². The number of nitrogens with zero attached hydrogens (tertiary/aromatic N) is 5. The lowest BCUT2D eigenvalue weighted by molar-refractivity contribution is -0.113. The summed E-state index contributed by atoms with van der Waals surface area (Å²) in [6.45, 7) is 1.69. The molecule has 0 spiro atoms. The van der Waals surface area contributed by atoms with Gasteiger partial charge < -0.3 is 9.30 Å². The number of hydrogen-bond acceptors (Lipinski definition) is 8. The van der Waals surface area contributed by atoms with E-state index >= 15 is 0 Å². The second kappa shape index (κ2) is 10.6. The Bertz CT molecular complexity index is 1120. The van der Waals surface area contributed by atoms with Crippen LogP contribution in [0, 0.1) is 11.6 Å². The van der Waals surface area contributed by atoms with Crippen molar-refractivity contribution in [3.8, 4) is 5.75 Å². The van der Waals surface area contributed by atoms with Gasteiger partial charge >= 0.3 is 0 Å². The third kappa shape index (κ3) is 5.85. The van der Waals surface area contributed by atoms with Crippen LogP contribution in [0.2, 0.25) is 0 Å². The molecule has 4 rings (SSSR count). The summed E-state index contributed by atoms with van der Waals surface area (Å²) in [5.74, 6) is -0.755. The van der Waals surface area contributed by atoms with Gasteiger partial charge in [0, 0.05) is 19.0 Å². The average Bonchev–Trinajstić information content (AvgIpc) is 3.41. The zero-order chi connectivity index (χ0) is 23.4. The molecule has 0 aliphatic heterocycles. The van der Waals surface area contributed by atoms with Crippen LogP contribution < -0.4 is 10.1 Å². The SMILES string of the molecule is CC(Oc1ccc(F)cc1F)c1nnc(SCC(=O)Nc2nnc(C3CCCCC3)s2)n1C. The van der Waals surface area contributed by atoms with Crippen molar-refractivity contribution in [2.24, 2.45) is 7.05 Å². The number of amides is 1. The zero-order valence-electron chi connectivity index (χ0n) is 18.3. The Balaban J connectivity index is 1.31. The van der Waals surface area contributed by atoms with E-state index in [2.05, 4.69) is 25.7 Å². The monoisotopic (exact) mass is 494 g/mol. The molecule has 2 heterocycles. The number of halogens is 2. The maximum atomic E-state index is 13.9. The molecule has 1 amide bonds. The number of hydrogen-bond donors (Lipinski definition) is 1. The fourth-order valence-corrected chi connectivity index (χ4v) is 5.35. The predicted octanol–water partition coefficient (Wildman–Crippen LogP) is 4.86. The lowest BCUT2D eigenvalue weighted by Gasteiger charge is -2.18. The summed E-state index contributed by atoms with van der Waals surface area (Å²) in [7, 11) is 1.73. The third-order valence-corrected chi connectivity index (χ3v) is 7.43. The van der Waals surface area contributed by atoms with Crippen LogP contribution in [0.4, 0.5) is 13.9 Å². The van der Waals surface area contributed by atoms with Crippen molar-refractivity contribution < 1.29 is 18.3 Å². The van der Waals surface area contributed by atoms with Crippen molar-refractivity contribution in [3.63, 3.8) is 0 Å². The number of rotatable bonds is 8. The first-order valence-electron chi connectivity index (χ1n) is 10.7. The van der Waals surface area contributed by atoms with Gasteiger partial charge in [0.15, 0.2) is 28.7 Å². The number of nitrogens with one attached hydrogen (secondary N) is 1. The largest absolute Gasteiger partial charge is 0.480 e. The van der Waals surface area contributed by atoms with Crippen LogP contribution in [0.3, 0.4) is 0 Å². The van der Waals surface area contributed by atoms with Gasteiger partial charge in [-0.1, -0.05) is 42.4 Å². The molecule has 3 aromatic rings. The molecule has 0 bridgehead atoms. The minimum Gasteiger partial charge on any atom is -0.480 e. The van der Waals surface area contributed by atoms with E-state index in [-0.39, 0.29) is 17.4 Å². The van der Waals surface area contributed by atoms with Gasteiger partial charge in [-0.05, 0) is 31.9 Å². The standard InChI is InChI=1S/C21H24F2N6O2S2/c1-12(31-16-9-8-14(22)10-15(16)23)18-25-28-21(29(18)2)32-11-17(30)24-20-27-26-19(33-20)13-6-4-3-5-7-13/h8-10,12-13H,3-7,11H2,1-2H3,(H,24,27,30). The molecule has 12 heteroatoms. The average molecular weight is 495 g/mol. The van der Waals surface area contributed by atoms with Gasteiger partial charge in [0.2, 0.25) is 11.0 Å². The smallest absolute Gasteiger partial charge is 0.236 e. The lowest BCUT2D eigenvalue weighted by Crippen LogP contribution is -2.15. The van der Waals surface area contributed by atoms with Crippen LogP contribution in [-0.2, 0) is 11.8 Å². The number of ether oxygens (including phenoxy) is 1. The Morgan fingerprint density at radius 3 is 2.79 bits per heavy atom. The molecule has 2 aromatic heterocycles. The molecule has 1 N–H and O–H groups in total. The van der Waals surface area contributed by atoms with E-state index < -0.39 is 17.7 Å². The Labute approximate surface area is 198 Å². The molecular weight excluding hydrogens is 470 g/mol. The number of anilines is 1. The van der Waals surface area contributed by atoms with Crippen LogP contribution in [0.25, 0.3) is 0 Å². The normalized spacial score (nSPS) is 15.4. The van der Waals surface area contributed by atoms with Crippen LogP contribution in [0.15, 0.2) is 23.4 Å². The molecule has 1 aromatic carbocycles. The first-order valence-corrected chi connectivity index (χ1v) is 12.5. The van der Waals surface area contributed by atoms with E-state index in [1.54, 1.807) is 18.5 Å². The molecule has 33 heavy (non-hydrogen) atoms. The van der Waals surface area contributed by atoms with Gasteiger partial charge in [0.05, 0.1) is 5.75 Å². The van der Waals surface area contributed by atoms with E-state index in [4.69, 9.17) is 4.74 Å². The lowest BCUT2D eigenvalue weighted by atomic mass is 9.90. The minimum absolute atomic E-state index is 0.0786. The Hall–Kier alpha value is -2.60. The van der Waals surface area contributed by atoms with Gasteiger partial charge in [0.25, 0.3) is 0 Å². The molecule has 1 unspecified atom stereocenters.